The number of carboxylic acid groups (broad SMARTS) is 1. The van der Waals surface area contributed by atoms with Crippen LogP contribution in [0, 0.1) is 5.41 Å². The molecule has 2 rings (SSSR count). The van der Waals surface area contributed by atoms with Crippen molar-refractivity contribution in [1.29, 1.82) is 0 Å². The minimum absolute atomic E-state index is 0.0558. The Hall–Kier alpha value is -3.02. The van der Waals surface area contributed by atoms with E-state index in [1.54, 1.807) is 31.2 Å². The lowest BCUT2D eigenvalue weighted by atomic mass is 9.78. The summed E-state index contributed by atoms with van der Waals surface area (Å²) in [5.74, 6) is -0.197. The summed E-state index contributed by atoms with van der Waals surface area (Å²) in [6.45, 7) is 5.41. The molecule has 0 aliphatic carbocycles. The predicted octanol–water partition coefficient (Wildman–Crippen LogP) is 4.35. The van der Waals surface area contributed by atoms with E-state index in [-0.39, 0.29) is 5.78 Å². The Morgan fingerprint density at radius 1 is 0.966 bits per heavy atom. The fourth-order valence-electron chi connectivity index (χ4n) is 3.26. The van der Waals surface area contributed by atoms with E-state index in [0.717, 1.165) is 11.1 Å². The van der Waals surface area contributed by atoms with E-state index in [1.165, 1.54) is 21.3 Å². The summed E-state index contributed by atoms with van der Waals surface area (Å²) < 4.78 is 16.0. The second-order valence-electron chi connectivity index (χ2n) is 7.61. The molecule has 29 heavy (non-hydrogen) atoms. The highest BCUT2D eigenvalue weighted by Crippen LogP contribution is 2.40. The lowest BCUT2D eigenvalue weighted by Crippen LogP contribution is -2.27. The van der Waals surface area contributed by atoms with Gasteiger partial charge < -0.3 is 19.3 Å². The van der Waals surface area contributed by atoms with Crippen LogP contribution in [0.5, 0.6) is 17.2 Å². The van der Waals surface area contributed by atoms with Gasteiger partial charge in [0.05, 0.1) is 27.2 Å². The Balaban J connectivity index is 2.29. The summed E-state index contributed by atoms with van der Waals surface area (Å²) in [4.78, 5) is 24.4. The molecule has 6 heteroatoms. The molecule has 0 saturated heterocycles. The average molecular weight is 400 g/mol. The number of methoxy groups -OCH3 is 3. The minimum Gasteiger partial charge on any atom is -0.493 e. The van der Waals surface area contributed by atoms with E-state index >= 15 is 0 Å². The van der Waals surface area contributed by atoms with Crippen molar-refractivity contribution in [3.8, 4) is 17.2 Å². The van der Waals surface area contributed by atoms with E-state index < -0.39 is 17.3 Å². The van der Waals surface area contributed by atoms with E-state index in [1.807, 2.05) is 26.0 Å². The molecule has 0 fully saturated rings. The molecule has 6 nitrogen and oxygen atoms in total. The van der Waals surface area contributed by atoms with Crippen molar-refractivity contribution in [3.63, 3.8) is 0 Å². The maximum Gasteiger partial charge on any atom is 0.310 e. The number of benzene rings is 2. The van der Waals surface area contributed by atoms with Gasteiger partial charge in [0.2, 0.25) is 5.75 Å². The molecule has 0 spiro atoms. The van der Waals surface area contributed by atoms with Crippen LogP contribution >= 0.6 is 0 Å². The first-order valence-electron chi connectivity index (χ1n) is 9.31. The second-order valence-corrected chi connectivity index (χ2v) is 7.61. The molecule has 0 saturated carbocycles. The highest BCUT2D eigenvalue weighted by atomic mass is 16.5. The average Bonchev–Trinajstić information content (AvgIpc) is 2.71. The molecule has 0 radical (unpaired) electrons. The fourth-order valence-corrected chi connectivity index (χ4v) is 3.26. The van der Waals surface area contributed by atoms with Crippen molar-refractivity contribution in [1.82, 2.24) is 0 Å². The van der Waals surface area contributed by atoms with Gasteiger partial charge in [-0.15, -0.1) is 0 Å². The summed E-state index contributed by atoms with van der Waals surface area (Å²) in [6.07, 6.45) is 0.504. The van der Waals surface area contributed by atoms with Gasteiger partial charge >= 0.3 is 5.97 Å². The first-order valence-corrected chi connectivity index (χ1v) is 9.31. The zero-order chi connectivity index (χ0) is 21.8. The monoisotopic (exact) mass is 400 g/mol. The van der Waals surface area contributed by atoms with Gasteiger partial charge in [-0.05, 0) is 36.6 Å². The van der Waals surface area contributed by atoms with Crippen molar-refractivity contribution in [2.75, 3.05) is 21.3 Å². The Labute approximate surface area is 171 Å². The van der Waals surface area contributed by atoms with Gasteiger partial charge in [-0.3, -0.25) is 9.59 Å². The van der Waals surface area contributed by atoms with Crippen LogP contribution in [0.25, 0.3) is 0 Å². The normalized spacial score (nSPS) is 12.2. The minimum atomic E-state index is -0.865. The van der Waals surface area contributed by atoms with Crippen LogP contribution in [0.4, 0.5) is 0 Å². The number of carboxylic acids is 1. The van der Waals surface area contributed by atoms with Crippen LogP contribution in [0.15, 0.2) is 36.4 Å². The van der Waals surface area contributed by atoms with Crippen molar-refractivity contribution >= 4 is 11.8 Å². The summed E-state index contributed by atoms with van der Waals surface area (Å²) in [5.41, 5.74) is 1.47. The largest absolute Gasteiger partial charge is 0.493 e. The van der Waals surface area contributed by atoms with Crippen LogP contribution in [-0.2, 0) is 11.2 Å². The zero-order valence-corrected chi connectivity index (χ0v) is 17.7. The second kappa shape index (κ2) is 8.99. The van der Waals surface area contributed by atoms with Gasteiger partial charge in [0.15, 0.2) is 17.3 Å². The number of rotatable bonds is 9. The number of ketones is 1. The quantitative estimate of drug-likeness (QED) is 0.630. The van der Waals surface area contributed by atoms with Crippen molar-refractivity contribution in [3.05, 3.63) is 53.1 Å². The van der Waals surface area contributed by atoms with E-state index in [9.17, 15) is 9.59 Å². The van der Waals surface area contributed by atoms with E-state index in [0.29, 0.717) is 29.2 Å². The molecular formula is C23H28O6. The third kappa shape index (κ3) is 4.88. The maximum atomic E-state index is 13.2. The van der Waals surface area contributed by atoms with Gasteiger partial charge in [-0.1, -0.05) is 38.1 Å². The molecule has 2 aromatic rings. The standard InChI is InChI=1S/C23H28O6/c1-14(22(25)26)16-9-7-15(8-10-16)13-23(2,3)21(24)17-11-18(27-4)20(29-6)19(12-17)28-5/h7-12,14H,13H2,1-6H3,(H,25,26). The molecule has 1 unspecified atom stereocenters. The molecule has 156 valence electrons. The van der Waals surface area contributed by atoms with Gasteiger partial charge in [-0.2, -0.15) is 0 Å². The Bertz CT molecular complexity index is 858. The summed E-state index contributed by atoms with van der Waals surface area (Å²) >= 11 is 0. The highest BCUT2D eigenvalue weighted by Gasteiger charge is 2.31. The summed E-state index contributed by atoms with van der Waals surface area (Å²) in [5, 5.41) is 9.14. The molecule has 0 bridgehead atoms. The summed E-state index contributed by atoms with van der Waals surface area (Å²) in [6, 6.07) is 10.7. The Morgan fingerprint density at radius 3 is 1.90 bits per heavy atom. The Morgan fingerprint density at radius 2 is 1.48 bits per heavy atom. The molecule has 1 atom stereocenters. The van der Waals surface area contributed by atoms with E-state index in [2.05, 4.69) is 0 Å². The van der Waals surface area contributed by atoms with Crippen LogP contribution in [0.1, 0.15) is 48.2 Å². The third-order valence-corrected chi connectivity index (χ3v) is 5.04. The fraction of sp³-hybridized carbons (Fsp3) is 0.391. The molecule has 0 aromatic heterocycles. The van der Waals surface area contributed by atoms with Crippen LogP contribution < -0.4 is 14.2 Å². The molecule has 1 N–H and O–H groups in total. The van der Waals surface area contributed by atoms with Gasteiger partial charge in [0, 0.05) is 11.0 Å². The zero-order valence-electron chi connectivity index (χ0n) is 17.7. The number of carbonyl (C=O) groups is 2. The SMILES string of the molecule is COc1cc(C(=O)C(C)(C)Cc2ccc(C(C)C(=O)O)cc2)cc(OC)c1OC. The maximum absolute atomic E-state index is 13.2. The molecule has 0 heterocycles. The van der Waals surface area contributed by atoms with Gasteiger partial charge in [-0.25, -0.2) is 0 Å². The predicted molar refractivity (Wildman–Crippen MR) is 110 cm³/mol. The first-order chi connectivity index (χ1) is 13.6. The third-order valence-electron chi connectivity index (χ3n) is 5.04. The molecule has 2 aromatic carbocycles. The number of ether oxygens (including phenoxy) is 3. The molecule has 0 amide bonds. The number of aliphatic carboxylic acids is 1. The van der Waals surface area contributed by atoms with Crippen LogP contribution in [-0.4, -0.2) is 38.2 Å². The number of hydrogen-bond donors (Lipinski definition) is 1. The van der Waals surface area contributed by atoms with E-state index in [4.69, 9.17) is 19.3 Å². The van der Waals surface area contributed by atoms with Crippen LogP contribution in [0.3, 0.4) is 0 Å². The lowest BCUT2D eigenvalue weighted by molar-refractivity contribution is -0.138. The van der Waals surface area contributed by atoms with Crippen molar-refractivity contribution in [2.24, 2.45) is 5.41 Å². The molecular weight excluding hydrogens is 372 g/mol. The number of hydrogen-bond acceptors (Lipinski definition) is 5. The topological polar surface area (TPSA) is 82.1 Å². The molecule has 0 aliphatic rings. The number of carbonyl (C=O) groups excluding carboxylic acids is 1. The Kier molecular flexibility index (Phi) is 6.90. The number of Topliss-reactive ketones (excluding diaryl/α,β-unsaturated/α-hetero) is 1. The van der Waals surface area contributed by atoms with Gasteiger partial charge in [0.1, 0.15) is 0 Å². The smallest absolute Gasteiger partial charge is 0.310 e. The van der Waals surface area contributed by atoms with Crippen molar-refractivity contribution < 1.29 is 28.9 Å². The van der Waals surface area contributed by atoms with Crippen molar-refractivity contribution in [2.45, 2.75) is 33.1 Å². The molecule has 0 aliphatic heterocycles. The van der Waals surface area contributed by atoms with Crippen LogP contribution in [0.2, 0.25) is 0 Å². The lowest BCUT2D eigenvalue weighted by Gasteiger charge is -2.24. The van der Waals surface area contributed by atoms with Gasteiger partial charge in [0.25, 0.3) is 0 Å². The highest BCUT2D eigenvalue weighted by molar-refractivity contribution is 6.01. The first kappa shape index (κ1) is 22.3. The summed E-state index contributed by atoms with van der Waals surface area (Å²) in [7, 11) is 4.54.